The number of nitrogens with zero attached hydrogens (tertiary/aromatic N) is 3. The van der Waals surface area contributed by atoms with Crippen LogP contribution in [0.5, 0.6) is 0 Å². The van der Waals surface area contributed by atoms with Gasteiger partial charge in [-0.25, -0.2) is 9.97 Å². The van der Waals surface area contributed by atoms with Gasteiger partial charge in [-0.3, -0.25) is 0 Å². The summed E-state index contributed by atoms with van der Waals surface area (Å²) < 4.78 is 1.06. The minimum atomic E-state index is 0.208. The van der Waals surface area contributed by atoms with Gasteiger partial charge < -0.3 is 10.0 Å². The second-order valence-corrected chi connectivity index (χ2v) is 5.24. The lowest BCUT2D eigenvalue weighted by Gasteiger charge is -2.30. The molecular formula is C11H16IN3O. The molecule has 2 rings (SSSR count). The molecule has 0 aliphatic carbocycles. The van der Waals surface area contributed by atoms with Crippen molar-refractivity contribution in [2.45, 2.75) is 31.7 Å². The third-order valence-corrected chi connectivity index (χ3v) is 3.77. The van der Waals surface area contributed by atoms with Gasteiger partial charge in [0.1, 0.15) is 12.1 Å². The monoisotopic (exact) mass is 333 g/mol. The highest BCUT2D eigenvalue weighted by molar-refractivity contribution is 14.1. The minimum Gasteiger partial charge on any atom is -0.394 e. The molecule has 1 aromatic rings. The summed E-state index contributed by atoms with van der Waals surface area (Å²) in [6.07, 6.45) is 8.07. The number of aromatic nitrogens is 2. The van der Waals surface area contributed by atoms with Crippen molar-refractivity contribution in [2.75, 3.05) is 18.1 Å². The molecule has 0 amide bonds. The van der Waals surface area contributed by atoms with E-state index < -0.39 is 0 Å². The number of aliphatic hydroxyl groups excluding tert-OH is 1. The first kappa shape index (κ1) is 12.0. The van der Waals surface area contributed by atoms with Crippen LogP contribution in [-0.2, 0) is 0 Å². The highest BCUT2D eigenvalue weighted by atomic mass is 127. The molecule has 0 aromatic carbocycles. The Morgan fingerprint density at radius 3 is 3.06 bits per heavy atom. The number of aliphatic hydroxyl groups is 1. The van der Waals surface area contributed by atoms with Crippen LogP contribution in [0.3, 0.4) is 0 Å². The van der Waals surface area contributed by atoms with E-state index in [2.05, 4.69) is 37.5 Å². The molecule has 0 saturated carbocycles. The molecule has 1 fully saturated rings. The lowest BCUT2D eigenvalue weighted by atomic mass is 10.1. The Hall–Kier alpha value is -0.430. The van der Waals surface area contributed by atoms with E-state index in [1.54, 1.807) is 6.33 Å². The summed E-state index contributed by atoms with van der Waals surface area (Å²) >= 11 is 2.25. The maximum absolute atomic E-state index is 9.45. The molecule has 0 bridgehead atoms. The molecule has 1 aromatic heterocycles. The average Bonchev–Trinajstić information content (AvgIpc) is 2.54. The van der Waals surface area contributed by atoms with Crippen LogP contribution < -0.4 is 4.90 Å². The first-order chi connectivity index (χ1) is 7.83. The van der Waals surface area contributed by atoms with Gasteiger partial charge in [0.25, 0.3) is 0 Å². The minimum absolute atomic E-state index is 0.208. The Morgan fingerprint density at radius 2 is 2.31 bits per heavy atom. The lowest BCUT2D eigenvalue weighted by molar-refractivity contribution is 0.254. The molecule has 1 unspecified atom stereocenters. The predicted molar refractivity (Wildman–Crippen MR) is 71.4 cm³/mol. The smallest absolute Gasteiger partial charge is 0.145 e. The summed E-state index contributed by atoms with van der Waals surface area (Å²) in [6.45, 7) is 1.19. The Bertz CT molecular complexity index is 348. The van der Waals surface area contributed by atoms with Crippen LogP contribution in [0.4, 0.5) is 5.82 Å². The van der Waals surface area contributed by atoms with Crippen LogP contribution in [0, 0.1) is 3.57 Å². The summed E-state index contributed by atoms with van der Waals surface area (Å²) in [7, 11) is 0. The van der Waals surface area contributed by atoms with E-state index in [1.165, 1.54) is 19.3 Å². The maximum atomic E-state index is 9.45. The third-order valence-electron chi connectivity index (χ3n) is 3.01. The fourth-order valence-corrected chi connectivity index (χ4v) is 2.77. The van der Waals surface area contributed by atoms with Gasteiger partial charge in [-0.15, -0.1) is 0 Å². The maximum Gasteiger partial charge on any atom is 0.145 e. The van der Waals surface area contributed by atoms with E-state index in [-0.39, 0.29) is 12.6 Å². The number of anilines is 1. The van der Waals surface area contributed by atoms with E-state index in [0.717, 1.165) is 22.4 Å². The summed E-state index contributed by atoms with van der Waals surface area (Å²) in [5.41, 5.74) is 0. The zero-order valence-electron chi connectivity index (χ0n) is 9.14. The van der Waals surface area contributed by atoms with Crippen molar-refractivity contribution < 1.29 is 5.11 Å². The standard InChI is InChI=1S/C11H16IN3O/c12-10-6-13-8-14-11(10)15-5-3-1-2-4-9(15)7-16/h6,8-9,16H,1-5,7H2. The number of rotatable bonds is 2. The summed E-state index contributed by atoms with van der Waals surface area (Å²) in [6, 6.07) is 0.214. The second-order valence-electron chi connectivity index (χ2n) is 4.07. The van der Waals surface area contributed by atoms with Crippen LogP contribution >= 0.6 is 22.6 Å². The Morgan fingerprint density at radius 1 is 1.44 bits per heavy atom. The number of halogens is 1. The fraction of sp³-hybridized carbons (Fsp3) is 0.636. The highest BCUT2D eigenvalue weighted by Crippen LogP contribution is 2.25. The van der Waals surface area contributed by atoms with Crippen LogP contribution in [0.1, 0.15) is 25.7 Å². The second kappa shape index (κ2) is 5.77. The van der Waals surface area contributed by atoms with E-state index in [9.17, 15) is 5.11 Å². The summed E-state index contributed by atoms with van der Waals surface area (Å²) in [5, 5.41) is 9.45. The quantitative estimate of drug-likeness (QED) is 0.839. The van der Waals surface area contributed by atoms with Gasteiger partial charge >= 0.3 is 0 Å². The van der Waals surface area contributed by atoms with Gasteiger partial charge in [-0.1, -0.05) is 12.8 Å². The molecule has 0 spiro atoms. The molecule has 0 radical (unpaired) electrons. The van der Waals surface area contributed by atoms with Crippen molar-refractivity contribution >= 4 is 28.4 Å². The van der Waals surface area contributed by atoms with Crippen LogP contribution in [-0.4, -0.2) is 34.3 Å². The van der Waals surface area contributed by atoms with Gasteiger partial charge in [-0.05, 0) is 35.4 Å². The van der Waals surface area contributed by atoms with E-state index in [0.29, 0.717) is 0 Å². The SMILES string of the molecule is OCC1CCCCCN1c1ncncc1I. The van der Waals surface area contributed by atoms with E-state index in [4.69, 9.17) is 0 Å². The number of hydrogen-bond donors (Lipinski definition) is 1. The average molecular weight is 333 g/mol. The Balaban J connectivity index is 2.25. The molecule has 1 aliphatic heterocycles. The van der Waals surface area contributed by atoms with Crippen molar-refractivity contribution in [3.63, 3.8) is 0 Å². The molecule has 88 valence electrons. The summed E-state index contributed by atoms with van der Waals surface area (Å²) in [5.74, 6) is 0.969. The van der Waals surface area contributed by atoms with Crippen molar-refractivity contribution in [3.8, 4) is 0 Å². The van der Waals surface area contributed by atoms with Crippen LogP contribution in [0.15, 0.2) is 12.5 Å². The van der Waals surface area contributed by atoms with E-state index in [1.807, 2.05) is 6.20 Å². The van der Waals surface area contributed by atoms with Gasteiger partial charge in [0.15, 0.2) is 0 Å². The van der Waals surface area contributed by atoms with Crippen molar-refractivity contribution in [2.24, 2.45) is 0 Å². The molecule has 1 saturated heterocycles. The third kappa shape index (κ3) is 2.63. The summed E-state index contributed by atoms with van der Waals surface area (Å²) in [4.78, 5) is 10.6. The Labute approximate surface area is 109 Å². The van der Waals surface area contributed by atoms with Crippen molar-refractivity contribution in [1.29, 1.82) is 0 Å². The molecule has 1 N–H and O–H groups in total. The Kier molecular flexibility index (Phi) is 4.34. The molecule has 1 atom stereocenters. The topological polar surface area (TPSA) is 49.2 Å². The molecular weight excluding hydrogens is 317 g/mol. The van der Waals surface area contributed by atoms with Gasteiger partial charge in [0.2, 0.25) is 0 Å². The lowest BCUT2D eigenvalue weighted by Crippen LogP contribution is -2.38. The van der Waals surface area contributed by atoms with Gasteiger partial charge in [-0.2, -0.15) is 0 Å². The zero-order chi connectivity index (χ0) is 11.4. The predicted octanol–water partition coefficient (Wildman–Crippen LogP) is 1.82. The van der Waals surface area contributed by atoms with Crippen LogP contribution in [0.2, 0.25) is 0 Å². The molecule has 16 heavy (non-hydrogen) atoms. The molecule has 4 nitrogen and oxygen atoms in total. The zero-order valence-corrected chi connectivity index (χ0v) is 11.3. The van der Waals surface area contributed by atoms with Crippen molar-refractivity contribution in [1.82, 2.24) is 9.97 Å². The fourth-order valence-electron chi connectivity index (χ4n) is 2.16. The molecule has 2 heterocycles. The van der Waals surface area contributed by atoms with Gasteiger partial charge in [0.05, 0.1) is 16.2 Å². The van der Waals surface area contributed by atoms with Gasteiger partial charge in [0, 0.05) is 12.7 Å². The van der Waals surface area contributed by atoms with E-state index >= 15 is 0 Å². The first-order valence-electron chi connectivity index (χ1n) is 5.66. The van der Waals surface area contributed by atoms with Crippen molar-refractivity contribution in [3.05, 3.63) is 16.1 Å². The normalized spacial score (nSPS) is 21.9. The van der Waals surface area contributed by atoms with Crippen LogP contribution in [0.25, 0.3) is 0 Å². The highest BCUT2D eigenvalue weighted by Gasteiger charge is 2.22. The molecule has 5 heteroatoms. The first-order valence-corrected chi connectivity index (χ1v) is 6.74. The largest absolute Gasteiger partial charge is 0.394 e. The number of hydrogen-bond acceptors (Lipinski definition) is 4. The molecule has 1 aliphatic rings.